The average molecular weight is 398 g/mol. The highest BCUT2D eigenvalue weighted by atomic mass is 16.6. The van der Waals surface area contributed by atoms with Gasteiger partial charge in [0.2, 0.25) is 0 Å². The van der Waals surface area contributed by atoms with Crippen LogP contribution in [0.1, 0.15) is 34.6 Å². The summed E-state index contributed by atoms with van der Waals surface area (Å²) in [5.41, 5.74) is 7.04. The minimum absolute atomic E-state index is 0.227. The van der Waals surface area contributed by atoms with Crippen molar-refractivity contribution in [2.24, 2.45) is 0 Å². The number of carbonyl (C=O) groups is 1. The maximum absolute atomic E-state index is 12.3. The first-order valence-electron chi connectivity index (χ1n) is 9.16. The number of aromatic nitrogens is 3. The summed E-state index contributed by atoms with van der Waals surface area (Å²) in [5.74, 6) is -0.248. The number of esters is 1. The van der Waals surface area contributed by atoms with E-state index in [0.717, 1.165) is 5.56 Å². The summed E-state index contributed by atoms with van der Waals surface area (Å²) in [5, 5.41) is 25.3. The van der Waals surface area contributed by atoms with Gasteiger partial charge in [-0.05, 0) is 38.1 Å². The van der Waals surface area contributed by atoms with Crippen molar-refractivity contribution in [2.45, 2.75) is 37.8 Å². The van der Waals surface area contributed by atoms with Crippen LogP contribution >= 0.6 is 0 Å². The molecule has 1 aromatic carbocycles. The minimum atomic E-state index is -1.30. The molecular formula is C20H22N4O5. The van der Waals surface area contributed by atoms with Crippen LogP contribution in [0.3, 0.4) is 0 Å². The summed E-state index contributed by atoms with van der Waals surface area (Å²) in [4.78, 5) is 16.2. The highest BCUT2D eigenvalue weighted by Crippen LogP contribution is 2.40. The molecule has 0 unspecified atom stereocenters. The van der Waals surface area contributed by atoms with Crippen LogP contribution in [0, 0.1) is 6.92 Å². The number of benzene rings is 1. The summed E-state index contributed by atoms with van der Waals surface area (Å²) < 4.78 is 12.8. The molecule has 0 radical (unpaired) electrons. The highest BCUT2D eigenvalue weighted by molar-refractivity contribution is 5.89. The van der Waals surface area contributed by atoms with E-state index in [9.17, 15) is 15.0 Å². The first kappa shape index (κ1) is 19.3. The van der Waals surface area contributed by atoms with Crippen molar-refractivity contribution in [3.05, 3.63) is 59.5 Å². The number of rotatable bonds is 4. The van der Waals surface area contributed by atoms with Gasteiger partial charge in [-0.2, -0.15) is 5.10 Å². The molecule has 1 saturated heterocycles. The topological polar surface area (TPSA) is 132 Å². The van der Waals surface area contributed by atoms with Gasteiger partial charge in [-0.1, -0.05) is 17.7 Å². The van der Waals surface area contributed by atoms with Crippen LogP contribution in [0.25, 0.3) is 5.52 Å². The molecule has 0 bridgehead atoms. The number of hydrogen-bond acceptors (Lipinski definition) is 8. The molecule has 3 heterocycles. The van der Waals surface area contributed by atoms with Crippen LogP contribution in [0.4, 0.5) is 5.82 Å². The molecule has 0 saturated carbocycles. The molecule has 9 heteroatoms. The Morgan fingerprint density at radius 1 is 1.28 bits per heavy atom. The molecule has 4 atom stereocenters. The Balaban J connectivity index is 1.53. The second-order valence-electron chi connectivity index (χ2n) is 7.43. The van der Waals surface area contributed by atoms with E-state index in [1.165, 1.54) is 10.8 Å². The lowest BCUT2D eigenvalue weighted by Crippen LogP contribution is -2.44. The Morgan fingerprint density at radius 2 is 2.00 bits per heavy atom. The summed E-state index contributed by atoms with van der Waals surface area (Å²) in [6.45, 7) is 3.28. The molecule has 4 rings (SSSR count). The number of aliphatic hydroxyl groups is 2. The zero-order valence-corrected chi connectivity index (χ0v) is 16.0. The maximum atomic E-state index is 12.3. The van der Waals surface area contributed by atoms with Gasteiger partial charge in [0, 0.05) is 0 Å². The molecule has 29 heavy (non-hydrogen) atoms. The third-order valence-corrected chi connectivity index (χ3v) is 5.24. The van der Waals surface area contributed by atoms with E-state index in [1.54, 1.807) is 31.2 Å². The number of aliphatic hydroxyl groups excluding tert-OH is 2. The summed E-state index contributed by atoms with van der Waals surface area (Å²) in [6, 6.07) is 10.4. The zero-order chi connectivity index (χ0) is 20.8. The number of ether oxygens (including phenoxy) is 2. The SMILES string of the molecule is Cc1ccc(C(=O)OC[C@@]2(C)O[C@@H](c3ccc4c(N)ncnn34)[C@H](O)[C@@H]2O)cc1. The highest BCUT2D eigenvalue weighted by Gasteiger charge is 2.53. The number of fused-ring (bicyclic) bond motifs is 1. The van der Waals surface area contributed by atoms with Crippen molar-refractivity contribution in [1.29, 1.82) is 0 Å². The smallest absolute Gasteiger partial charge is 0.338 e. The van der Waals surface area contributed by atoms with Gasteiger partial charge in [-0.15, -0.1) is 0 Å². The zero-order valence-electron chi connectivity index (χ0n) is 16.0. The number of nitrogen functional groups attached to an aromatic ring is 1. The van der Waals surface area contributed by atoms with Crippen LogP contribution in [-0.4, -0.2) is 55.2 Å². The quantitative estimate of drug-likeness (QED) is 0.555. The van der Waals surface area contributed by atoms with Gasteiger partial charge in [0.15, 0.2) is 5.82 Å². The monoisotopic (exact) mass is 398 g/mol. The number of nitrogens with zero attached hydrogens (tertiary/aromatic N) is 3. The molecule has 0 amide bonds. The molecule has 1 fully saturated rings. The van der Waals surface area contributed by atoms with Gasteiger partial charge in [0.05, 0.1) is 11.3 Å². The fraction of sp³-hybridized carbons (Fsp3) is 0.350. The van der Waals surface area contributed by atoms with Crippen LogP contribution in [0.15, 0.2) is 42.7 Å². The van der Waals surface area contributed by atoms with E-state index in [0.29, 0.717) is 16.8 Å². The van der Waals surface area contributed by atoms with Gasteiger partial charge in [-0.3, -0.25) is 0 Å². The standard InChI is InChI=1S/C20H22N4O5/c1-11-3-5-12(6-4-11)19(27)28-9-20(2)17(26)15(25)16(29-20)13-7-8-14-18(21)22-10-23-24(13)14/h3-8,10,15-17,25-26H,9H2,1-2H3,(H2,21,22,23)/t15-,16-,17-,20+/m0/s1. The summed E-state index contributed by atoms with van der Waals surface area (Å²) in [7, 11) is 0. The lowest BCUT2D eigenvalue weighted by Gasteiger charge is -2.27. The number of hydrogen-bond donors (Lipinski definition) is 3. The van der Waals surface area contributed by atoms with Crippen molar-refractivity contribution in [3.63, 3.8) is 0 Å². The van der Waals surface area contributed by atoms with Crippen molar-refractivity contribution in [1.82, 2.24) is 14.6 Å². The summed E-state index contributed by atoms with van der Waals surface area (Å²) >= 11 is 0. The van der Waals surface area contributed by atoms with Crippen LogP contribution < -0.4 is 5.73 Å². The van der Waals surface area contributed by atoms with Crippen LogP contribution in [-0.2, 0) is 9.47 Å². The van der Waals surface area contributed by atoms with Crippen molar-refractivity contribution >= 4 is 17.3 Å². The lowest BCUT2D eigenvalue weighted by molar-refractivity contribution is -0.104. The molecule has 0 aliphatic carbocycles. The van der Waals surface area contributed by atoms with E-state index in [2.05, 4.69) is 10.1 Å². The van der Waals surface area contributed by atoms with Gasteiger partial charge >= 0.3 is 5.97 Å². The number of nitrogens with two attached hydrogens (primary N) is 1. The van der Waals surface area contributed by atoms with Crippen LogP contribution in [0.2, 0.25) is 0 Å². The molecule has 1 aliphatic rings. The summed E-state index contributed by atoms with van der Waals surface area (Å²) in [6.07, 6.45) is -2.10. The second-order valence-corrected chi connectivity index (χ2v) is 7.43. The molecule has 2 aromatic heterocycles. The number of anilines is 1. The van der Waals surface area contributed by atoms with E-state index >= 15 is 0 Å². The van der Waals surface area contributed by atoms with Gasteiger partial charge < -0.3 is 25.4 Å². The van der Waals surface area contributed by atoms with Gasteiger partial charge in [0.25, 0.3) is 0 Å². The Morgan fingerprint density at radius 3 is 2.72 bits per heavy atom. The average Bonchev–Trinajstić information content (AvgIpc) is 3.23. The lowest BCUT2D eigenvalue weighted by atomic mass is 9.97. The third kappa shape index (κ3) is 3.33. The molecule has 1 aliphatic heterocycles. The Bertz CT molecular complexity index is 1050. The van der Waals surface area contributed by atoms with E-state index in [4.69, 9.17) is 15.2 Å². The van der Waals surface area contributed by atoms with Crippen LogP contribution in [0.5, 0.6) is 0 Å². The molecular weight excluding hydrogens is 376 g/mol. The second kappa shape index (κ2) is 7.11. The van der Waals surface area contributed by atoms with Crippen molar-refractivity contribution in [2.75, 3.05) is 12.3 Å². The fourth-order valence-electron chi connectivity index (χ4n) is 3.48. The first-order valence-corrected chi connectivity index (χ1v) is 9.16. The van der Waals surface area contributed by atoms with E-state index in [-0.39, 0.29) is 12.4 Å². The number of aryl methyl sites for hydroxylation is 1. The molecule has 152 valence electrons. The Kier molecular flexibility index (Phi) is 4.73. The number of carbonyl (C=O) groups excluding carboxylic acids is 1. The fourth-order valence-corrected chi connectivity index (χ4v) is 3.48. The molecule has 0 spiro atoms. The normalized spacial score (nSPS) is 26.7. The van der Waals surface area contributed by atoms with Crippen molar-refractivity contribution in [3.8, 4) is 0 Å². The van der Waals surface area contributed by atoms with E-state index in [1.807, 2.05) is 19.1 Å². The van der Waals surface area contributed by atoms with Crippen molar-refractivity contribution < 1.29 is 24.5 Å². The Hall–Kier alpha value is -3.01. The predicted molar refractivity (Wildman–Crippen MR) is 103 cm³/mol. The van der Waals surface area contributed by atoms with Gasteiger partial charge in [-0.25, -0.2) is 14.3 Å². The molecule has 3 aromatic rings. The molecule has 9 nitrogen and oxygen atoms in total. The minimum Gasteiger partial charge on any atom is -0.459 e. The Labute approximate surface area is 166 Å². The predicted octanol–water partition coefficient (Wildman–Crippen LogP) is 1.03. The molecule has 4 N–H and O–H groups in total. The van der Waals surface area contributed by atoms with Gasteiger partial charge in [0.1, 0.15) is 42.4 Å². The maximum Gasteiger partial charge on any atom is 0.338 e. The first-order chi connectivity index (χ1) is 13.8. The van der Waals surface area contributed by atoms with E-state index < -0.39 is 29.9 Å². The largest absolute Gasteiger partial charge is 0.459 e. The third-order valence-electron chi connectivity index (χ3n) is 5.24.